The highest BCUT2D eigenvalue weighted by Gasteiger charge is 2.13. The standard InChI is InChI=1S/C9H8N4O3S/c1-16-5-2-3-6(7(14)4-5)8(15)10-9-11-12-13-17-9/h2-4,14H,1H3,(H,10,11,13,15). The van der Waals surface area contributed by atoms with E-state index in [9.17, 15) is 9.90 Å². The zero-order chi connectivity index (χ0) is 12.3. The molecule has 8 heteroatoms. The number of rotatable bonds is 3. The van der Waals surface area contributed by atoms with Gasteiger partial charge in [-0.15, -0.1) is 0 Å². The van der Waals surface area contributed by atoms with Crippen LogP contribution in [-0.2, 0) is 0 Å². The van der Waals surface area contributed by atoms with Gasteiger partial charge in [-0.3, -0.25) is 10.1 Å². The number of methoxy groups -OCH3 is 1. The highest BCUT2D eigenvalue weighted by atomic mass is 32.1. The fourth-order valence-corrected chi connectivity index (χ4v) is 1.54. The number of carbonyl (C=O) groups is 1. The Labute approximate surface area is 100 Å². The van der Waals surface area contributed by atoms with E-state index in [1.165, 1.54) is 19.2 Å². The normalized spacial score (nSPS) is 9.94. The third-order valence-corrected chi connectivity index (χ3v) is 2.48. The summed E-state index contributed by atoms with van der Waals surface area (Å²) in [6, 6.07) is 4.39. The first-order valence-corrected chi connectivity index (χ1v) is 5.31. The Kier molecular flexibility index (Phi) is 3.15. The molecule has 0 bridgehead atoms. The first-order chi connectivity index (χ1) is 8.20. The summed E-state index contributed by atoms with van der Waals surface area (Å²) in [5, 5.41) is 19.3. The lowest BCUT2D eigenvalue weighted by atomic mass is 10.2. The average molecular weight is 252 g/mol. The summed E-state index contributed by atoms with van der Waals surface area (Å²) in [7, 11) is 1.47. The topological polar surface area (TPSA) is 97.2 Å². The number of nitrogens with zero attached hydrogens (tertiary/aromatic N) is 3. The van der Waals surface area contributed by atoms with Crippen LogP contribution in [0.5, 0.6) is 11.5 Å². The van der Waals surface area contributed by atoms with Crippen molar-refractivity contribution in [2.75, 3.05) is 12.4 Å². The first kappa shape index (κ1) is 11.3. The molecule has 2 N–H and O–H groups in total. The van der Waals surface area contributed by atoms with Crippen molar-refractivity contribution in [3.05, 3.63) is 23.8 Å². The van der Waals surface area contributed by atoms with Crippen LogP contribution >= 0.6 is 11.5 Å². The van der Waals surface area contributed by atoms with Crippen molar-refractivity contribution in [1.29, 1.82) is 0 Å². The first-order valence-electron chi connectivity index (χ1n) is 4.54. The van der Waals surface area contributed by atoms with Crippen LogP contribution < -0.4 is 10.1 Å². The van der Waals surface area contributed by atoms with Crippen molar-refractivity contribution in [3.8, 4) is 11.5 Å². The zero-order valence-corrected chi connectivity index (χ0v) is 9.56. The number of phenols is 1. The summed E-state index contributed by atoms with van der Waals surface area (Å²) < 4.78 is 8.42. The molecule has 0 aliphatic carbocycles. The van der Waals surface area contributed by atoms with E-state index in [0.29, 0.717) is 5.75 Å². The molecule has 2 rings (SSSR count). The van der Waals surface area contributed by atoms with Crippen molar-refractivity contribution < 1.29 is 14.6 Å². The molecule has 88 valence electrons. The number of carbonyl (C=O) groups excluding carboxylic acids is 1. The van der Waals surface area contributed by atoms with Gasteiger partial charge in [0.1, 0.15) is 11.5 Å². The number of nitrogens with one attached hydrogen (secondary N) is 1. The molecule has 0 spiro atoms. The monoisotopic (exact) mass is 252 g/mol. The number of hydrogen-bond acceptors (Lipinski definition) is 7. The van der Waals surface area contributed by atoms with Crippen molar-refractivity contribution in [2.45, 2.75) is 0 Å². The zero-order valence-electron chi connectivity index (χ0n) is 8.75. The average Bonchev–Trinajstić information content (AvgIpc) is 2.81. The molecule has 0 saturated carbocycles. The van der Waals surface area contributed by atoms with Gasteiger partial charge in [0, 0.05) is 17.6 Å². The third kappa shape index (κ3) is 2.48. The Morgan fingerprint density at radius 3 is 2.94 bits per heavy atom. The molecule has 17 heavy (non-hydrogen) atoms. The van der Waals surface area contributed by atoms with Crippen LogP contribution in [0, 0.1) is 0 Å². The number of hydrogen-bond donors (Lipinski definition) is 2. The summed E-state index contributed by atoms with van der Waals surface area (Å²) in [4.78, 5) is 11.7. The molecule has 0 atom stereocenters. The lowest BCUT2D eigenvalue weighted by Gasteiger charge is -2.05. The summed E-state index contributed by atoms with van der Waals surface area (Å²) >= 11 is 0.949. The number of aromatic nitrogens is 3. The van der Waals surface area contributed by atoms with E-state index in [-0.39, 0.29) is 16.4 Å². The van der Waals surface area contributed by atoms with Gasteiger partial charge in [0.15, 0.2) is 0 Å². The van der Waals surface area contributed by atoms with Crippen molar-refractivity contribution in [2.24, 2.45) is 0 Å². The molecule has 1 aromatic heterocycles. The van der Waals surface area contributed by atoms with E-state index >= 15 is 0 Å². The molecule has 0 aliphatic heterocycles. The van der Waals surface area contributed by atoms with Crippen molar-refractivity contribution in [1.82, 2.24) is 14.8 Å². The summed E-state index contributed by atoms with van der Waals surface area (Å²) in [6.45, 7) is 0. The van der Waals surface area contributed by atoms with Gasteiger partial charge in [-0.05, 0) is 17.3 Å². The van der Waals surface area contributed by atoms with Crippen molar-refractivity contribution in [3.63, 3.8) is 0 Å². The van der Waals surface area contributed by atoms with Gasteiger partial charge in [-0.25, -0.2) is 0 Å². The Balaban J connectivity index is 2.19. The lowest BCUT2D eigenvalue weighted by molar-refractivity contribution is 0.102. The van der Waals surface area contributed by atoms with E-state index in [1.807, 2.05) is 0 Å². The van der Waals surface area contributed by atoms with Crippen LogP contribution in [0.15, 0.2) is 18.2 Å². The van der Waals surface area contributed by atoms with E-state index in [4.69, 9.17) is 4.74 Å². The van der Waals surface area contributed by atoms with Crippen LogP contribution in [0.1, 0.15) is 10.4 Å². The summed E-state index contributed by atoms with van der Waals surface area (Å²) in [6.07, 6.45) is 0. The second kappa shape index (κ2) is 4.74. The molecular formula is C9H8N4O3S. The molecule has 1 aromatic carbocycles. The number of anilines is 1. The molecule has 0 fully saturated rings. The van der Waals surface area contributed by atoms with Gasteiger partial charge in [0.2, 0.25) is 5.13 Å². The fourth-order valence-electron chi connectivity index (χ4n) is 1.18. The van der Waals surface area contributed by atoms with Crippen LogP contribution in [0.4, 0.5) is 5.13 Å². The van der Waals surface area contributed by atoms with Gasteiger partial charge in [-0.1, -0.05) is 9.59 Å². The molecule has 1 amide bonds. The van der Waals surface area contributed by atoms with E-state index in [0.717, 1.165) is 11.5 Å². The minimum atomic E-state index is -0.483. The molecule has 0 radical (unpaired) electrons. The number of amides is 1. The number of ether oxygens (including phenoxy) is 1. The minimum absolute atomic E-state index is 0.126. The Bertz CT molecular complexity index is 529. The van der Waals surface area contributed by atoms with Crippen LogP contribution in [0.2, 0.25) is 0 Å². The lowest BCUT2D eigenvalue weighted by Crippen LogP contribution is -2.11. The smallest absolute Gasteiger partial charge is 0.261 e. The molecule has 0 aliphatic rings. The third-order valence-electron chi connectivity index (χ3n) is 1.97. The maximum Gasteiger partial charge on any atom is 0.261 e. The number of benzene rings is 1. The summed E-state index contributed by atoms with van der Waals surface area (Å²) in [5.74, 6) is -0.181. The van der Waals surface area contributed by atoms with Crippen LogP contribution in [-0.4, -0.2) is 32.9 Å². The molecule has 7 nitrogen and oxygen atoms in total. The molecule has 0 unspecified atom stereocenters. The molecular weight excluding hydrogens is 244 g/mol. The number of aromatic hydroxyl groups is 1. The Hall–Kier alpha value is -2.22. The predicted octanol–water partition coefficient (Wildman–Crippen LogP) is 0.900. The molecule has 1 heterocycles. The molecule has 0 saturated heterocycles. The van der Waals surface area contributed by atoms with Crippen LogP contribution in [0.25, 0.3) is 0 Å². The molecule has 2 aromatic rings. The maximum atomic E-state index is 11.7. The van der Waals surface area contributed by atoms with Crippen molar-refractivity contribution >= 4 is 22.6 Å². The van der Waals surface area contributed by atoms with E-state index in [1.54, 1.807) is 6.07 Å². The Morgan fingerprint density at radius 2 is 2.35 bits per heavy atom. The van der Waals surface area contributed by atoms with Gasteiger partial charge < -0.3 is 9.84 Å². The SMILES string of the molecule is COc1ccc(C(=O)Nc2nnns2)c(O)c1. The second-order valence-corrected chi connectivity index (χ2v) is 3.74. The van der Waals surface area contributed by atoms with E-state index in [2.05, 4.69) is 20.1 Å². The highest BCUT2D eigenvalue weighted by Crippen LogP contribution is 2.24. The fraction of sp³-hybridized carbons (Fsp3) is 0.111. The summed E-state index contributed by atoms with van der Waals surface area (Å²) in [5.41, 5.74) is 0.126. The Morgan fingerprint density at radius 1 is 1.53 bits per heavy atom. The second-order valence-electron chi connectivity index (χ2n) is 3.00. The number of phenolic OH excluding ortho intramolecular Hbond substituents is 1. The highest BCUT2D eigenvalue weighted by molar-refractivity contribution is 7.09. The van der Waals surface area contributed by atoms with Gasteiger partial charge >= 0.3 is 0 Å². The van der Waals surface area contributed by atoms with E-state index < -0.39 is 5.91 Å². The predicted molar refractivity (Wildman–Crippen MR) is 60.3 cm³/mol. The van der Waals surface area contributed by atoms with Gasteiger partial charge in [-0.2, -0.15) is 0 Å². The van der Waals surface area contributed by atoms with Gasteiger partial charge in [0.25, 0.3) is 5.91 Å². The maximum absolute atomic E-state index is 11.7. The minimum Gasteiger partial charge on any atom is -0.507 e. The largest absolute Gasteiger partial charge is 0.507 e. The van der Waals surface area contributed by atoms with Gasteiger partial charge in [0.05, 0.1) is 12.7 Å². The quantitative estimate of drug-likeness (QED) is 0.842. The van der Waals surface area contributed by atoms with Crippen LogP contribution in [0.3, 0.4) is 0 Å².